The number of aryl methyl sites for hydroxylation is 2. The number of hydrogen-bond donors (Lipinski definition) is 1. The highest BCUT2D eigenvalue weighted by atomic mass is 32.1. The van der Waals surface area contributed by atoms with Gasteiger partial charge in [0.1, 0.15) is 5.82 Å². The summed E-state index contributed by atoms with van der Waals surface area (Å²) in [5.41, 5.74) is 0. The quantitative estimate of drug-likeness (QED) is 0.744. The molecule has 0 saturated heterocycles. The van der Waals surface area contributed by atoms with E-state index in [1.807, 2.05) is 17.5 Å². The normalized spacial score (nSPS) is 13.0. The van der Waals surface area contributed by atoms with Crippen molar-refractivity contribution in [2.45, 2.75) is 46.2 Å². The van der Waals surface area contributed by atoms with Crippen molar-refractivity contribution >= 4 is 11.3 Å². The number of thiophene rings is 1. The largest absolute Gasteiger partial charge is 0.335 e. The standard InChI is InChI=1S/C16H25N3S/c1-13(2)16(15-7-6-12-20-15)18-8-4-5-10-19-11-9-17-14(19)3/h6-7,9,11-13,16,18H,4-5,8,10H2,1-3H3. The second kappa shape index (κ2) is 7.60. The molecule has 0 spiro atoms. The molecule has 0 radical (unpaired) electrons. The molecule has 1 unspecified atom stereocenters. The van der Waals surface area contributed by atoms with Gasteiger partial charge in [-0.2, -0.15) is 0 Å². The van der Waals surface area contributed by atoms with Crippen LogP contribution in [0.25, 0.3) is 0 Å². The average molecular weight is 291 g/mol. The summed E-state index contributed by atoms with van der Waals surface area (Å²) in [4.78, 5) is 5.70. The molecule has 2 aromatic rings. The average Bonchev–Trinajstić information content (AvgIpc) is 3.05. The number of hydrogen-bond acceptors (Lipinski definition) is 3. The van der Waals surface area contributed by atoms with E-state index < -0.39 is 0 Å². The summed E-state index contributed by atoms with van der Waals surface area (Å²) < 4.78 is 2.22. The van der Waals surface area contributed by atoms with E-state index in [1.165, 1.54) is 17.7 Å². The molecule has 3 nitrogen and oxygen atoms in total. The van der Waals surface area contributed by atoms with Crippen LogP contribution >= 0.6 is 11.3 Å². The van der Waals surface area contributed by atoms with Crippen LogP contribution in [0.5, 0.6) is 0 Å². The molecule has 2 heterocycles. The number of nitrogens with zero attached hydrogens (tertiary/aromatic N) is 2. The van der Waals surface area contributed by atoms with Gasteiger partial charge in [0.15, 0.2) is 0 Å². The van der Waals surface area contributed by atoms with E-state index in [2.05, 4.69) is 59.3 Å². The summed E-state index contributed by atoms with van der Waals surface area (Å²) >= 11 is 1.85. The second-order valence-electron chi connectivity index (χ2n) is 5.57. The van der Waals surface area contributed by atoms with Crippen LogP contribution in [0.2, 0.25) is 0 Å². The molecule has 20 heavy (non-hydrogen) atoms. The number of rotatable bonds is 8. The van der Waals surface area contributed by atoms with E-state index in [1.54, 1.807) is 0 Å². The lowest BCUT2D eigenvalue weighted by Gasteiger charge is -2.21. The molecule has 0 aliphatic carbocycles. The van der Waals surface area contributed by atoms with Gasteiger partial charge in [-0.25, -0.2) is 4.98 Å². The Labute approximate surface area is 126 Å². The summed E-state index contributed by atoms with van der Waals surface area (Å²) in [6, 6.07) is 4.86. The van der Waals surface area contributed by atoms with E-state index in [9.17, 15) is 0 Å². The Kier molecular flexibility index (Phi) is 5.80. The highest BCUT2D eigenvalue weighted by Crippen LogP contribution is 2.25. The van der Waals surface area contributed by atoms with Gasteiger partial charge < -0.3 is 9.88 Å². The van der Waals surface area contributed by atoms with E-state index in [4.69, 9.17) is 0 Å². The minimum atomic E-state index is 0.491. The molecule has 1 atom stereocenters. The monoisotopic (exact) mass is 291 g/mol. The molecule has 0 bridgehead atoms. The number of aromatic nitrogens is 2. The lowest BCUT2D eigenvalue weighted by Crippen LogP contribution is -2.26. The van der Waals surface area contributed by atoms with Crippen molar-refractivity contribution in [3.8, 4) is 0 Å². The summed E-state index contributed by atoms with van der Waals surface area (Å²) in [5.74, 6) is 1.74. The van der Waals surface area contributed by atoms with Gasteiger partial charge in [0.2, 0.25) is 0 Å². The van der Waals surface area contributed by atoms with Crippen molar-refractivity contribution in [2.24, 2.45) is 5.92 Å². The zero-order chi connectivity index (χ0) is 14.4. The Morgan fingerprint density at radius 1 is 1.35 bits per heavy atom. The van der Waals surface area contributed by atoms with Gasteiger partial charge in [-0.05, 0) is 43.7 Å². The maximum atomic E-state index is 4.25. The van der Waals surface area contributed by atoms with Crippen molar-refractivity contribution < 1.29 is 0 Å². The summed E-state index contributed by atoms with van der Waals surface area (Å²) in [6.07, 6.45) is 6.33. The lowest BCUT2D eigenvalue weighted by molar-refractivity contribution is 0.409. The molecule has 0 aromatic carbocycles. The van der Waals surface area contributed by atoms with E-state index in [0.29, 0.717) is 12.0 Å². The number of nitrogens with one attached hydrogen (secondary N) is 1. The van der Waals surface area contributed by atoms with Crippen LogP contribution in [0, 0.1) is 12.8 Å². The van der Waals surface area contributed by atoms with Crippen molar-refractivity contribution in [3.63, 3.8) is 0 Å². The Morgan fingerprint density at radius 2 is 2.20 bits per heavy atom. The first kappa shape index (κ1) is 15.3. The third-order valence-electron chi connectivity index (χ3n) is 3.63. The van der Waals surface area contributed by atoms with Gasteiger partial charge in [0.25, 0.3) is 0 Å². The Balaban J connectivity index is 1.70. The van der Waals surface area contributed by atoms with Crippen molar-refractivity contribution in [1.82, 2.24) is 14.9 Å². The third-order valence-corrected chi connectivity index (χ3v) is 4.59. The molecule has 2 rings (SSSR count). The highest BCUT2D eigenvalue weighted by Gasteiger charge is 2.15. The molecular weight excluding hydrogens is 266 g/mol. The Bertz CT molecular complexity index is 488. The fourth-order valence-corrected chi connectivity index (χ4v) is 3.41. The van der Waals surface area contributed by atoms with Crippen LogP contribution in [0.3, 0.4) is 0 Å². The van der Waals surface area contributed by atoms with Crippen LogP contribution in [0.15, 0.2) is 29.9 Å². The summed E-state index contributed by atoms with van der Waals surface area (Å²) in [6.45, 7) is 8.77. The minimum absolute atomic E-state index is 0.491. The van der Waals surface area contributed by atoms with E-state index in [-0.39, 0.29) is 0 Å². The second-order valence-corrected chi connectivity index (χ2v) is 6.55. The fraction of sp³-hybridized carbons (Fsp3) is 0.562. The first-order valence-corrected chi connectivity index (χ1v) is 8.31. The molecule has 2 aromatic heterocycles. The van der Waals surface area contributed by atoms with Crippen molar-refractivity contribution in [2.75, 3.05) is 6.54 Å². The molecule has 0 aliphatic heterocycles. The fourth-order valence-electron chi connectivity index (χ4n) is 2.44. The van der Waals surface area contributed by atoms with Gasteiger partial charge in [-0.3, -0.25) is 0 Å². The zero-order valence-corrected chi connectivity index (χ0v) is 13.5. The molecule has 0 aliphatic rings. The third kappa shape index (κ3) is 4.18. The minimum Gasteiger partial charge on any atom is -0.335 e. The lowest BCUT2D eigenvalue weighted by atomic mass is 10.0. The van der Waals surface area contributed by atoms with E-state index >= 15 is 0 Å². The molecule has 1 N–H and O–H groups in total. The first-order valence-electron chi connectivity index (χ1n) is 7.43. The molecule has 0 fully saturated rings. The van der Waals surface area contributed by atoms with Gasteiger partial charge in [-0.15, -0.1) is 11.3 Å². The topological polar surface area (TPSA) is 29.9 Å². The van der Waals surface area contributed by atoms with Crippen LogP contribution in [-0.4, -0.2) is 16.1 Å². The smallest absolute Gasteiger partial charge is 0.105 e. The zero-order valence-electron chi connectivity index (χ0n) is 12.7. The molecule has 110 valence electrons. The Morgan fingerprint density at radius 3 is 2.80 bits per heavy atom. The van der Waals surface area contributed by atoms with Crippen LogP contribution in [0.1, 0.15) is 43.4 Å². The molecule has 0 amide bonds. The highest BCUT2D eigenvalue weighted by molar-refractivity contribution is 7.10. The van der Waals surface area contributed by atoms with Gasteiger partial charge in [0, 0.05) is 29.9 Å². The SMILES string of the molecule is Cc1nccn1CCCCNC(c1cccs1)C(C)C. The van der Waals surface area contributed by atoms with Crippen LogP contribution in [-0.2, 0) is 6.54 Å². The maximum Gasteiger partial charge on any atom is 0.105 e. The van der Waals surface area contributed by atoms with Crippen LogP contribution in [0.4, 0.5) is 0 Å². The predicted octanol–water partition coefficient (Wildman–Crippen LogP) is 4.02. The first-order chi connectivity index (χ1) is 9.68. The summed E-state index contributed by atoms with van der Waals surface area (Å²) in [5, 5.41) is 5.86. The molecule has 4 heteroatoms. The summed E-state index contributed by atoms with van der Waals surface area (Å²) in [7, 11) is 0. The number of imidazole rings is 1. The van der Waals surface area contributed by atoms with Gasteiger partial charge in [0.05, 0.1) is 0 Å². The predicted molar refractivity (Wildman–Crippen MR) is 86.1 cm³/mol. The molecule has 0 saturated carbocycles. The van der Waals surface area contributed by atoms with Crippen molar-refractivity contribution in [3.05, 3.63) is 40.6 Å². The number of unbranched alkanes of at least 4 members (excludes halogenated alkanes) is 1. The van der Waals surface area contributed by atoms with Gasteiger partial charge in [-0.1, -0.05) is 19.9 Å². The van der Waals surface area contributed by atoms with Crippen LogP contribution < -0.4 is 5.32 Å². The van der Waals surface area contributed by atoms with Gasteiger partial charge >= 0.3 is 0 Å². The Hall–Kier alpha value is -1.13. The van der Waals surface area contributed by atoms with E-state index in [0.717, 1.165) is 18.9 Å². The maximum absolute atomic E-state index is 4.25. The van der Waals surface area contributed by atoms with Crippen molar-refractivity contribution in [1.29, 1.82) is 0 Å². The molecular formula is C16H25N3S.